The van der Waals surface area contributed by atoms with E-state index < -0.39 is 0 Å². The minimum atomic E-state index is -0.336. The van der Waals surface area contributed by atoms with E-state index in [1.165, 1.54) is 0 Å². The fourth-order valence-electron chi connectivity index (χ4n) is 3.74. The van der Waals surface area contributed by atoms with Crippen LogP contribution in [0.4, 0.5) is 5.69 Å². The number of fused-ring (bicyclic) bond motifs is 1. The number of carbonyl (C=O) groups excluding carboxylic acids is 3. The van der Waals surface area contributed by atoms with Gasteiger partial charge in [-0.2, -0.15) is 0 Å². The topological polar surface area (TPSA) is 66.9 Å². The van der Waals surface area contributed by atoms with Crippen molar-refractivity contribution in [3.63, 3.8) is 0 Å². The summed E-state index contributed by atoms with van der Waals surface area (Å²) < 4.78 is 5.18. The van der Waals surface area contributed by atoms with Gasteiger partial charge in [0.2, 0.25) is 11.8 Å². The summed E-state index contributed by atoms with van der Waals surface area (Å²) in [6.07, 6.45) is 0.812. The Balaban J connectivity index is 1.84. The Kier molecular flexibility index (Phi) is 5.06. The van der Waals surface area contributed by atoms with Gasteiger partial charge in [0.25, 0.3) is 0 Å². The minimum Gasteiger partial charge on any atom is -0.466 e. The molecule has 6 heteroatoms. The third-order valence-corrected chi connectivity index (χ3v) is 5.03. The van der Waals surface area contributed by atoms with E-state index in [0.717, 1.165) is 11.3 Å². The lowest BCUT2D eigenvalue weighted by Crippen LogP contribution is -2.42. The van der Waals surface area contributed by atoms with Gasteiger partial charge < -0.3 is 14.5 Å². The molecule has 134 valence electrons. The highest BCUT2D eigenvalue weighted by Gasteiger charge is 2.39. The van der Waals surface area contributed by atoms with E-state index in [4.69, 9.17) is 4.74 Å². The molecule has 2 amide bonds. The first-order valence-corrected chi connectivity index (χ1v) is 8.91. The van der Waals surface area contributed by atoms with Gasteiger partial charge in [0.15, 0.2) is 0 Å². The number of hydrogen-bond donors (Lipinski definition) is 0. The fraction of sp³-hybridized carbons (Fsp3) is 0.526. The second-order valence-corrected chi connectivity index (χ2v) is 6.48. The standard InChI is InChI=1S/C19H24N2O4/c1-3-20-12-13(11-17(20)22)18(23)21-10-9-15(19(24)25-4-2)14-7-5-6-8-16(14)21/h5-8,13,15H,3-4,9-12H2,1-2H3/t13-,15-/m0/s1. The maximum Gasteiger partial charge on any atom is 0.313 e. The molecule has 0 spiro atoms. The van der Waals surface area contributed by atoms with Crippen molar-refractivity contribution in [2.24, 2.45) is 5.92 Å². The van der Waals surface area contributed by atoms with Gasteiger partial charge in [-0.05, 0) is 31.9 Å². The SMILES string of the molecule is CCOC(=O)[C@H]1CCN(C(=O)[C@H]2CC(=O)N(CC)C2)c2ccccc21. The maximum atomic E-state index is 13.0. The highest BCUT2D eigenvalue weighted by Crippen LogP contribution is 2.37. The van der Waals surface area contributed by atoms with Gasteiger partial charge in [-0.25, -0.2) is 0 Å². The first-order chi connectivity index (χ1) is 12.1. The van der Waals surface area contributed by atoms with Crippen LogP contribution >= 0.6 is 0 Å². The number of benzene rings is 1. The number of para-hydroxylation sites is 1. The van der Waals surface area contributed by atoms with Crippen LogP contribution in [0.3, 0.4) is 0 Å². The third-order valence-electron chi connectivity index (χ3n) is 5.03. The molecule has 2 aliphatic rings. The average molecular weight is 344 g/mol. The fourth-order valence-corrected chi connectivity index (χ4v) is 3.74. The van der Waals surface area contributed by atoms with Crippen molar-refractivity contribution in [2.75, 3.05) is 31.1 Å². The molecule has 1 saturated heterocycles. The molecule has 2 aliphatic heterocycles. The van der Waals surface area contributed by atoms with E-state index in [1.807, 2.05) is 31.2 Å². The molecule has 0 N–H and O–H groups in total. The van der Waals surface area contributed by atoms with Crippen LogP contribution < -0.4 is 4.90 Å². The van der Waals surface area contributed by atoms with Crippen LogP contribution in [0.15, 0.2) is 24.3 Å². The second-order valence-electron chi connectivity index (χ2n) is 6.48. The summed E-state index contributed by atoms with van der Waals surface area (Å²) in [5.74, 6) is -0.873. The Labute approximate surface area is 147 Å². The zero-order valence-corrected chi connectivity index (χ0v) is 14.7. The predicted octanol–water partition coefficient (Wildman–Crippen LogP) is 1.94. The summed E-state index contributed by atoms with van der Waals surface area (Å²) in [6, 6.07) is 7.49. The number of anilines is 1. The van der Waals surface area contributed by atoms with Crippen molar-refractivity contribution < 1.29 is 19.1 Å². The molecule has 6 nitrogen and oxygen atoms in total. The Morgan fingerprint density at radius 1 is 1.24 bits per heavy atom. The van der Waals surface area contributed by atoms with Crippen LogP contribution in [0.5, 0.6) is 0 Å². The van der Waals surface area contributed by atoms with Gasteiger partial charge in [-0.1, -0.05) is 18.2 Å². The van der Waals surface area contributed by atoms with E-state index in [1.54, 1.807) is 16.7 Å². The third kappa shape index (κ3) is 3.25. The number of likely N-dealkylation sites (tertiary alicyclic amines) is 1. The quantitative estimate of drug-likeness (QED) is 0.783. The highest BCUT2D eigenvalue weighted by molar-refractivity contribution is 6.01. The molecule has 3 rings (SSSR count). The van der Waals surface area contributed by atoms with E-state index in [2.05, 4.69) is 0 Å². The minimum absolute atomic E-state index is 0.0286. The van der Waals surface area contributed by atoms with E-state index in [-0.39, 0.29) is 36.0 Å². The molecule has 0 radical (unpaired) electrons. The van der Waals surface area contributed by atoms with E-state index in [9.17, 15) is 14.4 Å². The lowest BCUT2D eigenvalue weighted by Gasteiger charge is -2.34. The first-order valence-electron chi connectivity index (χ1n) is 8.91. The maximum absolute atomic E-state index is 13.0. The monoisotopic (exact) mass is 344 g/mol. The van der Waals surface area contributed by atoms with Gasteiger partial charge in [0.1, 0.15) is 0 Å². The van der Waals surface area contributed by atoms with Crippen molar-refractivity contribution in [1.82, 2.24) is 4.90 Å². The Bertz CT molecular complexity index is 688. The van der Waals surface area contributed by atoms with Gasteiger partial charge >= 0.3 is 5.97 Å². The van der Waals surface area contributed by atoms with Gasteiger partial charge in [0, 0.05) is 31.7 Å². The number of amides is 2. The molecular weight excluding hydrogens is 320 g/mol. The zero-order valence-electron chi connectivity index (χ0n) is 14.7. The second kappa shape index (κ2) is 7.25. The summed E-state index contributed by atoms with van der Waals surface area (Å²) in [5.41, 5.74) is 1.59. The summed E-state index contributed by atoms with van der Waals surface area (Å²) in [4.78, 5) is 40.7. The lowest BCUT2D eigenvalue weighted by molar-refractivity contribution is -0.145. The molecule has 1 fully saturated rings. The first kappa shape index (κ1) is 17.5. The van der Waals surface area contributed by atoms with Crippen molar-refractivity contribution in [3.8, 4) is 0 Å². The molecule has 0 unspecified atom stereocenters. The van der Waals surface area contributed by atoms with Crippen LogP contribution in [0.1, 0.15) is 38.2 Å². The largest absolute Gasteiger partial charge is 0.466 e. The molecule has 2 heterocycles. The predicted molar refractivity (Wildman–Crippen MR) is 93.1 cm³/mol. The van der Waals surface area contributed by atoms with Gasteiger partial charge in [-0.15, -0.1) is 0 Å². The van der Waals surface area contributed by atoms with Crippen molar-refractivity contribution in [1.29, 1.82) is 0 Å². The molecule has 1 aromatic carbocycles. The average Bonchev–Trinajstić information content (AvgIpc) is 3.01. The van der Waals surface area contributed by atoms with Gasteiger partial charge in [-0.3, -0.25) is 14.4 Å². The molecule has 0 saturated carbocycles. The molecule has 0 aromatic heterocycles. The molecule has 0 aliphatic carbocycles. The summed E-state index contributed by atoms with van der Waals surface area (Å²) in [5, 5.41) is 0. The van der Waals surface area contributed by atoms with Crippen molar-refractivity contribution in [3.05, 3.63) is 29.8 Å². The number of hydrogen-bond acceptors (Lipinski definition) is 4. The van der Waals surface area contributed by atoms with Crippen LogP contribution in [0.25, 0.3) is 0 Å². The number of ether oxygens (including phenoxy) is 1. The summed E-state index contributed by atoms with van der Waals surface area (Å²) in [7, 11) is 0. The van der Waals surface area contributed by atoms with Crippen molar-refractivity contribution in [2.45, 2.75) is 32.6 Å². The van der Waals surface area contributed by atoms with E-state index >= 15 is 0 Å². The van der Waals surface area contributed by atoms with Crippen LogP contribution in [-0.4, -0.2) is 48.9 Å². The normalized spacial score (nSPS) is 22.7. The molecule has 2 atom stereocenters. The molecule has 0 bridgehead atoms. The molecule has 1 aromatic rings. The van der Waals surface area contributed by atoms with Crippen LogP contribution in [-0.2, 0) is 19.1 Å². The zero-order chi connectivity index (χ0) is 18.0. The smallest absolute Gasteiger partial charge is 0.313 e. The molecule has 25 heavy (non-hydrogen) atoms. The van der Waals surface area contributed by atoms with Crippen molar-refractivity contribution >= 4 is 23.5 Å². The Hall–Kier alpha value is -2.37. The number of esters is 1. The van der Waals surface area contributed by atoms with Crippen LogP contribution in [0, 0.1) is 5.92 Å². The molecular formula is C19H24N2O4. The van der Waals surface area contributed by atoms with E-state index in [0.29, 0.717) is 32.7 Å². The number of nitrogens with zero attached hydrogens (tertiary/aromatic N) is 2. The summed E-state index contributed by atoms with van der Waals surface area (Å²) >= 11 is 0. The van der Waals surface area contributed by atoms with Gasteiger partial charge in [0.05, 0.1) is 18.4 Å². The van der Waals surface area contributed by atoms with Crippen LogP contribution in [0.2, 0.25) is 0 Å². The summed E-state index contributed by atoms with van der Waals surface area (Å²) in [6.45, 7) is 5.63. The highest BCUT2D eigenvalue weighted by atomic mass is 16.5. The Morgan fingerprint density at radius 3 is 2.68 bits per heavy atom. The number of carbonyl (C=O) groups is 3. The Morgan fingerprint density at radius 2 is 2.00 bits per heavy atom. The number of rotatable bonds is 4. The lowest BCUT2D eigenvalue weighted by atomic mass is 9.89.